The van der Waals surface area contributed by atoms with Crippen LogP contribution in [0, 0.1) is 0 Å². The molecule has 6 N–H and O–H groups in total. The second kappa shape index (κ2) is 9.73. The molecule has 1 saturated heterocycles. The number of rotatable bonds is 10. The number of aromatic nitrogens is 2. The molecule has 0 spiro atoms. The Bertz CT molecular complexity index is 920. The lowest BCUT2D eigenvalue weighted by Gasteiger charge is -2.24. The molecule has 1 aliphatic rings. The molecule has 0 aliphatic carbocycles. The van der Waals surface area contributed by atoms with Gasteiger partial charge in [0, 0.05) is 6.20 Å². The van der Waals surface area contributed by atoms with Crippen LogP contribution in [0.15, 0.2) is 17.1 Å². The molecule has 15 nitrogen and oxygen atoms in total. The summed E-state index contributed by atoms with van der Waals surface area (Å²) < 4.78 is 43.9. The molecule has 0 radical (unpaired) electrons. The molecule has 178 valence electrons. The quantitative estimate of drug-likeness (QED) is 0.185. The number of hydrogen-bond donors (Lipinski definition) is 5. The van der Waals surface area contributed by atoms with Crippen LogP contribution in [0.3, 0.4) is 0 Å². The second-order valence-corrected chi connectivity index (χ2v) is 10.8. The number of phosphoric ester groups is 2. The van der Waals surface area contributed by atoms with Crippen LogP contribution in [0.2, 0.25) is 0 Å². The summed E-state index contributed by atoms with van der Waals surface area (Å²) in [6, 6.07) is 1.26. The zero-order chi connectivity index (χ0) is 23.6. The zero-order valence-corrected chi connectivity index (χ0v) is 18.8. The van der Waals surface area contributed by atoms with Crippen LogP contribution < -0.4 is 11.4 Å². The Kier molecular flexibility index (Phi) is 8.17. The first-order valence-corrected chi connectivity index (χ1v) is 11.9. The number of phosphoric acid groups is 2. The minimum Gasteiger partial charge on any atom is -0.387 e. The molecule has 2 heterocycles. The van der Waals surface area contributed by atoms with E-state index in [0.717, 1.165) is 4.57 Å². The summed E-state index contributed by atoms with van der Waals surface area (Å²) >= 11 is 0. The maximum Gasteiger partial charge on any atom is 0.481 e. The van der Waals surface area contributed by atoms with Crippen molar-refractivity contribution in [2.75, 3.05) is 46.6 Å². The van der Waals surface area contributed by atoms with Crippen molar-refractivity contribution in [3.05, 3.63) is 22.7 Å². The minimum absolute atomic E-state index is 0.0652. The average molecular weight is 489 g/mol. The zero-order valence-electron chi connectivity index (χ0n) is 17.0. The highest BCUT2D eigenvalue weighted by molar-refractivity contribution is 7.61. The summed E-state index contributed by atoms with van der Waals surface area (Å²) in [7, 11) is -4.64. The number of nitrogens with two attached hydrogens (primary N) is 1. The van der Waals surface area contributed by atoms with E-state index in [0.29, 0.717) is 11.0 Å². The van der Waals surface area contributed by atoms with Crippen LogP contribution in [0.1, 0.15) is 6.23 Å². The third-order valence-corrected chi connectivity index (χ3v) is 6.72. The van der Waals surface area contributed by atoms with Crippen molar-refractivity contribution in [1.82, 2.24) is 9.55 Å². The van der Waals surface area contributed by atoms with Crippen molar-refractivity contribution < 1.29 is 51.7 Å². The number of likely N-dealkylation sites (N-methyl/N-ethyl adjacent to an activating group) is 1. The third kappa shape index (κ3) is 7.70. The lowest BCUT2D eigenvalue weighted by Crippen LogP contribution is -2.37. The molecule has 2 rings (SSSR count). The number of aliphatic hydroxyl groups excluding tert-OH is 2. The molecule has 0 aromatic carbocycles. The molecule has 0 saturated carbocycles. The molecule has 1 fully saturated rings. The number of aliphatic hydroxyl groups is 2. The molecule has 1 aromatic heterocycles. The Morgan fingerprint density at radius 2 is 1.81 bits per heavy atom. The van der Waals surface area contributed by atoms with Crippen molar-refractivity contribution >= 4 is 21.5 Å². The fourth-order valence-corrected chi connectivity index (χ4v) is 4.56. The van der Waals surface area contributed by atoms with Crippen molar-refractivity contribution in [3.8, 4) is 0 Å². The molecule has 6 atom stereocenters. The summed E-state index contributed by atoms with van der Waals surface area (Å²) in [6.45, 7) is -0.746. The van der Waals surface area contributed by atoms with Gasteiger partial charge in [0.2, 0.25) is 0 Å². The van der Waals surface area contributed by atoms with Gasteiger partial charge in [0.1, 0.15) is 37.3 Å². The number of nitrogens with zero attached hydrogens (tertiary/aromatic N) is 3. The van der Waals surface area contributed by atoms with Crippen LogP contribution in [-0.4, -0.2) is 93.2 Å². The predicted molar refractivity (Wildman–Crippen MR) is 104 cm³/mol. The van der Waals surface area contributed by atoms with E-state index in [9.17, 15) is 33.9 Å². The van der Waals surface area contributed by atoms with Crippen LogP contribution in [0.5, 0.6) is 0 Å². The van der Waals surface area contributed by atoms with E-state index in [1.807, 2.05) is 0 Å². The highest BCUT2D eigenvalue weighted by atomic mass is 31.3. The van der Waals surface area contributed by atoms with E-state index in [1.54, 1.807) is 21.1 Å². The molecule has 0 bridgehead atoms. The maximum atomic E-state index is 12.0. The van der Waals surface area contributed by atoms with Crippen LogP contribution in [0.25, 0.3) is 0 Å². The molecule has 1 aromatic rings. The Morgan fingerprint density at radius 1 is 1.19 bits per heavy atom. The van der Waals surface area contributed by atoms with Crippen molar-refractivity contribution in [2.24, 2.45) is 0 Å². The van der Waals surface area contributed by atoms with E-state index in [-0.39, 0.29) is 12.4 Å². The molecule has 31 heavy (non-hydrogen) atoms. The number of quaternary nitrogens is 1. The Hall–Kier alpha value is -1.22. The van der Waals surface area contributed by atoms with Gasteiger partial charge in [0.15, 0.2) is 6.23 Å². The molecule has 0 amide bonds. The van der Waals surface area contributed by atoms with Crippen molar-refractivity contribution in [1.29, 1.82) is 0 Å². The first-order valence-electron chi connectivity index (χ1n) is 8.93. The number of anilines is 1. The molecular weight excluding hydrogens is 462 g/mol. The predicted octanol–water partition coefficient (Wildman–Crippen LogP) is -1.60. The summed E-state index contributed by atoms with van der Waals surface area (Å²) in [4.78, 5) is 34.7. The van der Waals surface area contributed by atoms with Gasteiger partial charge in [-0.05, 0) is 6.07 Å². The number of ether oxygens (including phenoxy) is 1. The summed E-state index contributed by atoms with van der Waals surface area (Å²) in [5, 5.41) is 20.2. The smallest absolute Gasteiger partial charge is 0.387 e. The van der Waals surface area contributed by atoms with Gasteiger partial charge < -0.3 is 35.0 Å². The van der Waals surface area contributed by atoms with Crippen LogP contribution in [-0.2, 0) is 27.2 Å². The number of hydrogen-bond acceptors (Lipinski definition) is 11. The monoisotopic (exact) mass is 489 g/mol. The maximum absolute atomic E-state index is 12.0. The Labute approximate surface area is 177 Å². The highest BCUT2D eigenvalue weighted by Crippen LogP contribution is 2.60. The van der Waals surface area contributed by atoms with E-state index in [4.69, 9.17) is 10.5 Å². The van der Waals surface area contributed by atoms with Gasteiger partial charge in [-0.2, -0.15) is 9.29 Å². The van der Waals surface area contributed by atoms with E-state index in [2.05, 4.69) is 18.3 Å². The normalized spacial score (nSPS) is 28.2. The SMILES string of the molecule is C[N+](C)(C)CCOP(=O)(O)OP(=O)(O)OC[C@H]1O[C@@H](n2ccc(N)nc2=O)C(O)[C@H]1O. The first kappa shape index (κ1) is 26.0. The molecule has 1 aliphatic heterocycles. The average Bonchev–Trinajstić information content (AvgIpc) is 2.86. The van der Waals surface area contributed by atoms with Crippen LogP contribution >= 0.6 is 15.6 Å². The Balaban J connectivity index is 1.96. The third-order valence-electron chi connectivity index (χ3n) is 4.09. The van der Waals surface area contributed by atoms with Gasteiger partial charge in [0.25, 0.3) is 0 Å². The Morgan fingerprint density at radius 3 is 2.39 bits per heavy atom. The topological polar surface area (TPSA) is 213 Å². The number of nitrogen functional groups attached to an aromatic ring is 1. The van der Waals surface area contributed by atoms with Gasteiger partial charge in [0.05, 0.1) is 27.7 Å². The standard InChI is InChI=1S/C14H26N4O11P2/c1-18(2,3)6-7-26-30(22,23)29-31(24,25)27-8-9-11(19)12(20)13(28-9)17-5-4-10(15)16-14(17)21/h4-5,9,11-13,19-20H,6-8H2,1-3H3,(H3-,15,16,21,22,23,24,25)/p+1/t9-,11+,12?,13-/m1/s1. The van der Waals surface area contributed by atoms with Crippen molar-refractivity contribution in [2.45, 2.75) is 24.5 Å². The van der Waals surface area contributed by atoms with Gasteiger partial charge in [-0.1, -0.05) is 0 Å². The van der Waals surface area contributed by atoms with E-state index >= 15 is 0 Å². The lowest BCUT2D eigenvalue weighted by atomic mass is 10.1. The van der Waals surface area contributed by atoms with E-state index in [1.165, 1.54) is 12.3 Å². The first-order chi connectivity index (χ1) is 14.1. The molecular formula is C14H27N4O11P2+. The highest BCUT2D eigenvalue weighted by Gasteiger charge is 2.46. The summed E-state index contributed by atoms with van der Waals surface area (Å²) in [5.41, 5.74) is 4.53. The van der Waals surface area contributed by atoms with Gasteiger partial charge in [-0.25, -0.2) is 13.9 Å². The molecule has 17 heteroatoms. The van der Waals surface area contributed by atoms with Crippen LogP contribution in [0.4, 0.5) is 5.82 Å². The van der Waals surface area contributed by atoms with Gasteiger partial charge >= 0.3 is 21.3 Å². The largest absolute Gasteiger partial charge is 0.481 e. The second-order valence-electron chi connectivity index (χ2n) is 7.75. The van der Waals surface area contributed by atoms with Gasteiger partial charge in [-0.15, -0.1) is 0 Å². The fourth-order valence-electron chi connectivity index (χ4n) is 2.49. The minimum atomic E-state index is -5.11. The van der Waals surface area contributed by atoms with Gasteiger partial charge in [-0.3, -0.25) is 13.6 Å². The summed E-state index contributed by atoms with van der Waals surface area (Å²) in [5.74, 6) is -0.0652. The van der Waals surface area contributed by atoms with Crippen molar-refractivity contribution in [3.63, 3.8) is 0 Å². The lowest BCUT2D eigenvalue weighted by molar-refractivity contribution is -0.870. The summed E-state index contributed by atoms with van der Waals surface area (Å²) in [6.07, 6.45) is -4.82. The van der Waals surface area contributed by atoms with E-state index < -0.39 is 52.5 Å². The molecule has 3 unspecified atom stereocenters. The fraction of sp³-hybridized carbons (Fsp3) is 0.714.